The second-order valence-corrected chi connectivity index (χ2v) is 5.59. The van der Waals surface area contributed by atoms with Crippen molar-refractivity contribution in [2.24, 2.45) is 0 Å². The molecular formula is C13H15N3O2S. The van der Waals surface area contributed by atoms with E-state index in [9.17, 15) is 10.1 Å². The maximum absolute atomic E-state index is 10.9. The number of aryl methyl sites for hydroxylation is 1. The lowest BCUT2D eigenvalue weighted by Gasteiger charge is -2.07. The first-order chi connectivity index (χ1) is 9.08. The van der Waals surface area contributed by atoms with Crippen molar-refractivity contribution < 1.29 is 4.92 Å². The zero-order chi connectivity index (χ0) is 13.8. The third kappa shape index (κ3) is 3.36. The van der Waals surface area contributed by atoms with Crippen molar-refractivity contribution in [3.63, 3.8) is 0 Å². The summed E-state index contributed by atoms with van der Waals surface area (Å²) in [5.41, 5.74) is 1.85. The lowest BCUT2D eigenvalue weighted by molar-refractivity contribution is -0.385. The van der Waals surface area contributed by atoms with Gasteiger partial charge < -0.3 is 5.32 Å². The Hall–Kier alpha value is -1.79. The molecule has 1 N–H and O–H groups in total. The second-order valence-electron chi connectivity index (χ2n) is 4.27. The van der Waals surface area contributed by atoms with E-state index in [-0.39, 0.29) is 10.6 Å². The molecular weight excluding hydrogens is 262 g/mol. The molecule has 2 rings (SSSR count). The van der Waals surface area contributed by atoms with Crippen molar-refractivity contribution in [2.75, 3.05) is 0 Å². The summed E-state index contributed by atoms with van der Waals surface area (Å²) >= 11 is 1.65. The first-order valence-corrected chi connectivity index (χ1v) is 6.74. The fourth-order valence-electron chi connectivity index (χ4n) is 1.87. The van der Waals surface area contributed by atoms with Gasteiger partial charge in [-0.05, 0) is 19.4 Å². The van der Waals surface area contributed by atoms with Gasteiger partial charge in [-0.3, -0.25) is 10.1 Å². The first-order valence-electron chi connectivity index (χ1n) is 5.93. The number of rotatable bonds is 5. The minimum atomic E-state index is -0.342. The van der Waals surface area contributed by atoms with E-state index in [1.54, 1.807) is 24.3 Å². The van der Waals surface area contributed by atoms with Crippen molar-refractivity contribution in [3.05, 3.63) is 55.5 Å². The molecule has 0 saturated carbocycles. The van der Waals surface area contributed by atoms with Crippen LogP contribution in [-0.2, 0) is 13.1 Å². The van der Waals surface area contributed by atoms with Gasteiger partial charge in [0.15, 0.2) is 0 Å². The van der Waals surface area contributed by atoms with Crippen LogP contribution in [0, 0.1) is 24.0 Å². The number of aromatic nitrogens is 1. The number of thiazole rings is 1. The molecule has 2 aromatic rings. The Morgan fingerprint density at radius 1 is 1.37 bits per heavy atom. The number of nitro benzene ring substituents is 1. The molecule has 0 bridgehead atoms. The molecule has 0 amide bonds. The summed E-state index contributed by atoms with van der Waals surface area (Å²) in [7, 11) is 0. The Balaban J connectivity index is 2.00. The van der Waals surface area contributed by atoms with Crippen molar-refractivity contribution >= 4 is 17.0 Å². The van der Waals surface area contributed by atoms with Crippen LogP contribution < -0.4 is 5.32 Å². The lowest BCUT2D eigenvalue weighted by atomic mass is 10.1. The highest BCUT2D eigenvalue weighted by Gasteiger charge is 2.12. The maximum atomic E-state index is 10.9. The molecule has 19 heavy (non-hydrogen) atoms. The number of hydrogen-bond acceptors (Lipinski definition) is 5. The van der Waals surface area contributed by atoms with Crippen LogP contribution in [0.15, 0.2) is 24.4 Å². The third-order valence-corrected chi connectivity index (χ3v) is 3.81. The standard InChI is InChI=1S/C13H15N3O2S/c1-9-11(4-3-5-13(9)16(17)18)6-14-7-12-8-15-10(2)19-12/h3-5,8,14H,6-7H2,1-2H3. The van der Waals surface area contributed by atoms with E-state index in [0.717, 1.165) is 22.7 Å². The van der Waals surface area contributed by atoms with Crippen LogP contribution in [0.4, 0.5) is 5.69 Å². The van der Waals surface area contributed by atoms with E-state index in [1.165, 1.54) is 10.9 Å². The normalized spacial score (nSPS) is 10.6. The predicted octanol–water partition coefficient (Wildman–Crippen LogP) is 2.96. The van der Waals surface area contributed by atoms with Crippen LogP contribution in [-0.4, -0.2) is 9.91 Å². The van der Waals surface area contributed by atoms with Gasteiger partial charge in [-0.25, -0.2) is 4.98 Å². The monoisotopic (exact) mass is 277 g/mol. The molecule has 0 aliphatic rings. The number of hydrogen-bond donors (Lipinski definition) is 1. The topological polar surface area (TPSA) is 68.1 Å². The Morgan fingerprint density at radius 3 is 2.79 bits per heavy atom. The quantitative estimate of drug-likeness (QED) is 0.674. The zero-order valence-corrected chi connectivity index (χ0v) is 11.7. The molecule has 1 heterocycles. The third-order valence-electron chi connectivity index (χ3n) is 2.90. The molecule has 6 heteroatoms. The average Bonchev–Trinajstić information content (AvgIpc) is 2.77. The minimum Gasteiger partial charge on any atom is -0.308 e. The number of nitrogens with one attached hydrogen (secondary N) is 1. The molecule has 1 aromatic carbocycles. The molecule has 0 fully saturated rings. The van der Waals surface area contributed by atoms with E-state index in [2.05, 4.69) is 10.3 Å². The van der Waals surface area contributed by atoms with Crippen LogP contribution in [0.5, 0.6) is 0 Å². The molecule has 0 aliphatic heterocycles. The smallest absolute Gasteiger partial charge is 0.272 e. The van der Waals surface area contributed by atoms with Gasteiger partial charge in [0.05, 0.1) is 9.93 Å². The molecule has 0 saturated heterocycles. The summed E-state index contributed by atoms with van der Waals surface area (Å²) in [6.45, 7) is 5.10. The molecule has 0 spiro atoms. The Morgan fingerprint density at radius 2 is 2.16 bits per heavy atom. The Kier molecular flexibility index (Phi) is 4.24. The van der Waals surface area contributed by atoms with Crippen LogP contribution in [0.3, 0.4) is 0 Å². The summed E-state index contributed by atoms with van der Waals surface area (Å²) in [5.74, 6) is 0. The Bertz CT molecular complexity index is 595. The SMILES string of the molecule is Cc1ncc(CNCc2cccc([N+](=O)[O-])c2C)s1. The highest BCUT2D eigenvalue weighted by molar-refractivity contribution is 7.11. The van der Waals surface area contributed by atoms with Gasteiger partial charge in [0.1, 0.15) is 0 Å². The van der Waals surface area contributed by atoms with E-state index in [1.807, 2.05) is 19.2 Å². The molecule has 0 radical (unpaired) electrons. The number of benzene rings is 1. The van der Waals surface area contributed by atoms with Crippen LogP contribution >= 0.6 is 11.3 Å². The molecule has 100 valence electrons. The van der Waals surface area contributed by atoms with Gasteiger partial charge in [0.2, 0.25) is 0 Å². The Labute approximate surface area is 115 Å². The molecule has 1 aromatic heterocycles. The van der Waals surface area contributed by atoms with Crippen molar-refractivity contribution in [1.82, 2.24) is 10.3 Å². The van der Waals surface area contributed by atoms with Crippen molar-refractivity contribution in [1.29, 1.82) is 0 Å². The second kappa shape index (κ2) is 5.90. The van der Waals surface area contributed by atoms with E-state index in [4.69, 9.17) is 0 Å². The molecule has 5 nitrogen and oxygen atoms in total. The van der Waals surface area contributed by atoms with E-state index in [0.29, 0.717) is 6.54 Å². The van der Waals surface area contributed by atoms with Gasteiger partial charge in [-0.2, -0.15) is 0 Å². The van der Waals surface area contributed by atoms with Gasteiger partial charge >= 0.3 is 0 Å². The van der Waals surface area contributed by atoms with E-state index < -0.39 is 0 Å². The summed E-state index contributed by atoms with van der Waals surface area (Å²) in [6, 6.07) is 5.16. The van der Waals surface area contributed by atoms with Crippen molar-refractivity contribution in [2.45, 2.75) is 26.9 Å². The molecule has 0 atom stereocenters. The first kappa shape index (κ1) is 13.6. The van der Waals surface area contributed by atoms with Crippen LogP contribution in [0.25, 0.3) is 0 Å². The van der Waals surface area contributed by atoms with Crippen molar-refractivity contribution in [3.8, 4) is 0 Å². The summed E-state index contributed by atoms with van der Waals surface area (Å²) < 4.78 is 0. The fourth-order valence-corrected chi connectivity index (χ4v) is 2.63. The average molecular weight is 277 g/mol. The van der Waals surface area contributed by atoms with E-state index >= 15 is 0 Å². The highest BCUT2D eigenvalue weighted by Crippen LogP contribution is 2.21. The highest BCUT2D eigenvalue weighted by atomic mass is 32.1. The van der Waals surface area contributed by atoms with Gasteiger partial charge in [-0.1, -0.05) is 12.1 Å². The summed E-state index contributed by atoms with van der Waals surface area (Å²) in [4.78, 5) is 15.9. The van der Waals surface area contributed by atoms with Gasteiger partial charge in [0.25, 0.3) is 5.69 Å². The number of nitrogens with zero attached hydrogens (tertiary/aromatic N) is 2. The van der Waals surface area contributed by atoms with Crippen LogP contribution in [0.2, 0.25) is 0 Å². The fraction of sp³-hybridized carbons (Fsp3) is 0.308. The largest absolute Gasteiger partial charge is 0.308 e. The molecule has 0 aliphatic carbocycles. The minimum absolute atomic E-state index is 0.174. The van der Waals surface area contributed by atoms with Gasteiger partial charge in [-0.15, -0.1) is 11.3 Å². The van der Waals surface area contributed by atoms with Crippen LogP contribution in [0.1, 0.15) is 21.0 Å². The zero-order valence-electron chi connectivity index (χ0n) is 10.8. The number of nitro groups is 1. The molecule has 0 unspecified atom stereocenters. The maximum Gasteiger partial charge on any atom is 0.272 e. The predicted molar refractivity (Wildman–Crippen MR) is 75.2 cm³/mol. The summed E-state index contributed by atoms with van der Waals surface area (Å²) in [5, 5.41) is 15.2. The van der Waals surface area contributed by atoms with Gasteiger partial charge in [0, 0.05) is 35.8 Å². The summed E-state index contributed by atoms with van der Waals surface area (Å²) in [6.07, 6.45) is 1.85. The lowest BCUT2D eigenvalue weighted by Crippen LogP contribution is -2.13.